The van der Waals surface area contributed by atoms with Crippen molar-refractivity contribution in [1.29, 1.82) is 0 Å². The number of hydrogen-bond acceptors (Lipinski definition) is 2. The smallest absolute Gasteiger partial charge is 0.264 e. The minimum Gasteiger partial charge on any atom is -0.373 e. The number of hydrogen-bond donors (Lipinski definition) is 1. The maximum Gasteiger partial charge on any atom is 0.264 e. The molecule has 2 nitrogen and oxygen atoms in total. The number of alkyl halides is 2. The van der Waals surface area contributed by atoms with Crippen LogP contribution >= 0.6 is 0 Å². The first-order valence-corrected chi connectivity index (χ1v) is 6.96. The van der Waals surface area contributed by atoms with Crippen LogP contribution in [0.1, 0.15) is 43.2 Å². The molecule has 0 amide bonds. The van der Waals surface area contributed by atoms with Crippen molar-refractivity contribution in [3.05, 3.63) is 35.4 Å². The lowest BCUT2D eigenvalue weighted by Gasteiger charge is -2.29. The normalized spacial score (nSPS) is 29.9. The average molecular weight is 267 g/mol. The van der Waals surface area contributed by atoms with E-state index in [1.807, 2.05) is 0 Å². The van der Waals surface area contributed by atoms with E-state index in [-0.39, 0.29) is 11.7 Å². The Morgan fingerprint density at radius 3 is 2.53 bits per heavy atom. The third-order valence-electron chi connectivity index (χ3n) is 4.19. The molecule has 2 atom stereocenters. The molecule has 1 aromatic rings. The third-order valence-corrected chi connectivity index (χ3v) is 4.19. The van der Waals surface area contributed by atoms with Crippen molar-refractivity contribution in [2.45, 2.75) is 56.9 Å². The summed E-state index contributed by atoms with van der Waals surface area (Å²) in [5, 5.41) is 3.55. The monoisotopic (exact) mass is 267 g/mol. The highest BCUT2D eigenvalue weighted by Gasteiger charge is 2.33. The summed E-state index contributed by atoms with van der Waals surface area (Å²) in [6.07, 6.45) is 2.24. The number of nitrogens with one attached hydrogen (secondary N) is 1. The van der Waals surface area contributed by atoms with Crippen LogP contribution in [0.3, 0.4) is 0 Å². The van der Waals surface area contributed by atoms with E-state index in [0.717, 1.165) is 12.8 Å². The first-order chi connectivity index (χ1) is 9.22. The van der Waals surface area contributed by atoms with Gasteiger partial charge in [0.2, 0.25) is 0 Å². The minimum atomic E-state index is -2.43. The van der Waals surface area contributed by atoms with Crippen LogP contribution in [-0.2, 0) is 11.3 Å². The Kier molecular flexibility index (Phi) is 3.80. The molecule has 1 aromatic carbocycles. The van der Waals surface area contributed by atoms with Crippen LogP contribution in [0.15, 0.2) is 24.3 Å². The van der Waals surface area contributed by atoms with Crippen molar-refractivity contribution >= 4 is 0 Å². The fourth-order valence-corrected chi connectivity index (χ4v) is 3.23. The molecule has 1 N–H and O–H groups in total. The van der Waals surface area contributed by atoms with Crippen LogP contribution in [0.5, 0.6) is 0 Å². The van der Waals surface area contributed by atoms with Gasteiger partial charge in [-0.2, -0.15) is 0 Å². The average Bonchev–Trinajstić information content (AvgIpc) is 2.76. The van der Waals surface area contributed by atoms with Gasteiger partial charge in [-0.15, -0.1) is 0 Å². The first-order valence-electron chi connectivity index (χ1n) is 6.96. The second-order valence-electron chi connectivity index (χ2n) is 5.54. The minimum absolute atomic E-state index is 0.0967. The van der Waals surface area contributed by atoms with Gasteiger partial charge < -0.3 is 10.1 Å². The molecule has 3 rings (SSSR count). The summed E-state index contributed by atoms with van der Waals surface area (Å²) in [5.74, 6) is 0. The highest BCUT2D eigenvalue weighted by atomic mass is 19.3. The Bertz CT molecular complexity index is 426. The van der Waals surface area contributed by atoms with Crippen LogP contribution in [0.25, 0.3) is 0 Å². The van der Waals surface area contributed by atoms with Crippen LogP contribution in [-0.4, -0.2) is 18.2 Å². The standard InChI is InChI=1S/C15H19F2NO/c16-15(17)14-4-2-1-3-10(14)9-19-13-7-11-5-6-12(8-13)18-11/h1-4,11-13,15,18H,5-9H2. The van der Waals surface area contributed by atoms with Crippen LogP contribution in [0.2, 0.25) is 0 Å². The maximum atomic E-state index is 12.9. The SMILES string of the molecule is FC(F)c1ccccc1COC1CC2CCC(C1)N2. The van der Waals surface area contributed by atoms with Crippen molar-refractivity contribution < 1.29 is 13.5 Å². The molecule has 2 aliphatic heterocycles. The molecule has 2 unspecified atom stereocenters. The molecule has 2 bridgehead atoms. The zero-order chi connectivity index (χ0) is 13.2. The first kappa shape index (κ1) is 13.0. The molecular weight excluding hydrogens is 248 g/mol. The van der Waals surface area contributed by atoms with Gasteiger partial charge in [0.1, 0.15) is 0 Å². The van der Waals surface area contributed by atoms with E-state index in [4.69, 9.17) is 4.74 Å². The number of rotatable bonds is 4. The third kappa shape index (κ3) is 2.95. The summed E-state index contributed by atoms with van der Waals surface area (Å²) in [7, 11) is 0. The summed E-state index contributed by atoms with van der Waals surface area (Å²) >= 11 is 0. The van der Waals surface area contributed by atoms with E-state index in [1.54, 1.807) is 18.2 Å². The predicted octanol–water partition coefficient (Wildman–Crippen LogP) is 3.42. The molecular formula is C15H19F2NO. The van der Waals surface area contributed by atoms with Crippen molar-refractivity contribution in [2.75, 3.05) is 0 Å². The van der Waals surface area contributed by atoms with Gasteiger partial charge >= 0.3 is 0 Å². The van der Waals surface area contributed by atoms with Gasteiger partial charge in [-0.25, -0.2) is 8.78 Å². The van der Waals surface area contributed by atoms with Gasteiger partial charge in [0.05, 0.1) is 12.7 Å². The van der Waals surface area contributed by atoms with Crippen molar-refractivity contribution in [3.8, 4) is 0 Å². The van der Waals surface area contributed by atoms with Crippen molar-refractivity contribution in [2.24, 2.45) is 0 Å². The molecule has 0 saturated carbocycles. The highest BCUT2D eigenvalue weighted by Crippen LogP contribution is 2.30. The molecule has 19 heavy (non-hydrogen) atoms. The molecule has 0 spiro atoms. The second-order valence-corrected chi connectivity index (χ2v) is 5.54. The van der Waals surface area contributed by atoms with E-state index < -0.39 is 6.43 Å². The van der Waals surface area contributed by atoms with E-state index in [1.165, 1.54) is 18.9 Å². The van der Waals surface area contributed by atoms with E-state index in [9.17, 15) is 8.78 Å². The summed E-state index contributed by atoms with van der Waals surface area (Å²) < 4.78 is 31.6. The predicted molar refractivity (Wildman–Crippen MR) is 69.2 cm³/mol. The van der Waals surface area contributed by atoms with Crippen molar-refractivity contribution in [3.63, 3.8) is 0 Å². The molecule has 2 heterocycles. The number of piperidine rings is 1. The van der Waals surface area contributed by atoms with Crippen molar-refractivity contribution in [1.82, 2.24) is 5.32 Å². The lowest BCUT2D eigenvalue weighted by molar-refractivity contribution is 0.00761. The topological polar surface area (TPSA) is 21.3 Å². The van der Waals surface area contributed by atoms with Gasteiger partial charge in [-0.1, -0.05) is 24.3 Å². The van der Waals surface area contributed by atoms with Crippen LogP contribution < -0.4 is 5.32 Å². The molecule has 0 aliphatic carbocycles. The largest absolute Gasteiger partial charge is 0.373 e. The fraction of sp³-hybridized carbons (Fsp3) is 0.600. The molecule has 2 fully saturated rings. The van der Waals surface area contributed by atoms with Gasteiger partial charge in [-0.05, 0) is 31.2 Å². The number of fused-ring (bicyclic) bond motifs is 2. The Balaban J connectivity index is 1.60. The molecule has 2 aliphatic rings. The fourth-order valence-electron chi connectivity index (χ4n) is 3.23. The van der Waals surface area contributed by atoms with E-state index in [0.29, 0.717) is 24.3 Å². The van der Waals surface area contributed by atoms with Crippen LogP contribution in [0.4, 0.5) is 8.78 Å². The number of halogens is 2. The van der Waals surface area contributed by atoms with E-state index >= 15 is 0 Å². The highest BCUT2D eigenvalue weighted by molar-refractivity contribution is 5.27. The molecule has 2 saturated heterocycles. The summed E-state index contributed by atoms with van der Waals surface area (Å²) in [4.78, 5) is 0. The van der Waals surface area contributed by atoms with Gasteiger partial charge in [0.25, 0.3) is 6.43 Å². The Labute approximate surface area is 112 Å². The quantitative estimate of drug-likeness (QED) is 0.902. The number of benzene rings is 1. The van der Waals surface area contributed by atoms with Gasteiger partial charge in [-0.3, -0.25) is 0 Å². The molecule has 0 radical (unpaired) electrons. The second kappa shape index (κ2) is 5.55. The van der Waals surface area contributed by atoms with Gasteiger partial charge in [0, 0.05) is 17.6 Å². The molecule has 4 heteroatoms. The summed E-state index contributed by atoms with van der Waals surface area (Å²) in [6.45, 7) is 0.296. The molecule has 104 valence electrons. The number of ether oxygens (including phenoxy) is 1. The van der Waals surface area contributed by atoms with Crippen LogP contribution in [0, 0.1) is 0 Å². The van der Waals surface area contributed by atoms with Gasteiger partial charge in [0.15, 0.2) is 0 Å². The summed E-state index contributed by atoms with van der Waals surface area (Å²) in [6, 6.07) is 7.78. The Morgan fingerprint density at radius 2 is 1.84 bits per heavy atom. The lowest BCUT2D eigenvalue weighted by Crippen LogP contribution is -2.41. The lowest BCUT2D eigenvalue weighted by atomic mass is 10.0. The zero-order valence-corrected chi connectivity index (χ0v) is 10.8. The molecule has 0 aromatic heterocycles. The Hall–Kier alpha value is -1.00. The Morgan fingerprint density at radius 1 is 1.16 bits per heavy atom. The van der Waals surface area contributed by atoms with E-state index in [2.05, 4.69) is 5.32 Å². The summed E-state index contributed by atoms with van der Waals surface area (Å²) in [5.41, 5.74) is 0.711. The zero-order valence-electron chi connectivity index (χ0n) is 10.8. The maximum absolute atomic E-state index is 12.9.